The summed E-state index contributed by atoms with van der Waals surface area (Å²) < 4.78 is 0. The second-order valence-electron chi connectivity index (χ2n) is 8.83. The zero-order chi connectivity index (χ0) is 20.8. The Morgan fingerprint density at radius 2 is 1.30 bits per heavy atom. The number of aliphatic hydroxyl groups excluding tert-OH is 4. The number of hydrogen-bond acceptors (Lipinski definition) is 5. The molecule has 7 unspecified atom stereocenters. The summed E-state index contributed by atoms with van der Waals surface area (Å²) in [6.07, 6.45) is 7.84. The van der Waals surface area contributed by atoms with Crippen LogP contribution in [0.3, 0.4) is 0 Å². The molecule has 0 radical (unpaired) electrons. The van der Waals surface area contributed by atoms with E-state index >= 15 is 0 Å². The first-order valence-electron chi connectivity index (χ1n) is 11.2. The summed E-state index contributed by atoms with van der Waals surface area (Å²) in [4.78, 5) is 0. The van der Waals surface area contributed by atoms with Crippen LogP contribution in [0.15, 0.2) is 0 Å². The second-order valence-corrected chi connectivity index (χ2v) is 8.83. The third-order valence-electron chi connectivity index (χ3n) is 5.74. The van der Waals surface area contributed by atoms with Crippen molar-refractivity contribution in [1.82, 2.24) is 0 Å². The van der Waals surface area contributed by atoms with E-state index in [1.54, 1.807) is 6.92 Å². The van der Waals surface area contributed by atoms with Gasteiger partial charge < -0.3 is 26.2 Å². The Bertz CT molecular complexity index is 340. The predicted octanol–water partition coefficient (Wildman–Crippen LogP) is 3.36. The van der Waals surface area contributed by atoms with Gasteiger partial charge in [0.1, 0.15) is 0 Å². The maximum atomic E-state index is 10.3. The van der Waals surface area contributed by atoms with Gasteiger partial charge in [-0.1, -0.05) is 65.7 Å². The van der Waals surface area contributed by atoms with Crippen LogP contribution >= 0.6 is 0 Å². The molecule has 0 aromatic rings. The summed E-state index contributed by atoms with van der Waals surface area (Å²) in [6.45, 7) is 8.06. The van der Waals surface area contributed by atoms with Crippen LogP contribution in [-0.4, -0.2) is 50.9 Å². The zero-order valence-electron chi connectivity index (χ0n) is 18.2. The monoisotopic (exact) mass is 389 g/mol. The van der Waals surface area contributed by atoms with E-state index in [2.05, 4.69) is 13.8 Å². The minimum Gasteiger partial charge on any atom is -0.393 e. The van der Waals surface area contributed by atoms with Crippen molar-refractivity contribution >= 4 is 0 Å². The molecule has 0 rings (SSSR count). The average Bonchev–Trinajstić information content (AvgIpc) is 2.61. The molecule has 0 saturated heterocycles. The molecule has 0 fully saturated rings. The highest BCUT2D eigenvalue weighted by atomic mass is 16.3. The number of hydrogen-bond donors (Lipinski definition) is 5. The summed E-state index contributed by atoms with van der Waals surface area (Å²) in [5, 5.41) is 40.1. The lowest BCUT2D eigenvalue weighted by atomic mass is 9.88. The molecule has 164 valence electrons. The summed E-state index contributed by atoms with van der Waals surface area (Å²) in [6, 6.07) is -0.301. The lowest BCUT2D eigenvalue weighted by Gasteiger charge is -2.26. The largest absolute Gasteiger partial charge is 0.393 e. The molecular formula is C22H47NO4. The lowest BCUT2D eigenvalue weighted by molar-refractivity contribution is -0.0262. The molecule has 5 nitrogen and oxygen atoms in total. The first-order valence-corrected chi connectivity index (χ1v) is 11.2. The Labute approximate surface area is 167 Å². The van der Waals surface area contributed by atoms with Gasteiger partial charge in [0.2, 0.25) is 0 Å². The van der Waals surface area contributed by atoms with Gasteiger partial charge in [0, 0.05) is 12.5 Å². The van der Waals surface area contributed by atoms with Gasteiger partial charge in [-0.3, -0.25) is 0 Å². The third kappa shape index (κ3) is 13.6. The molecule has 7 atom stereocenters. The van der Waals surface area contributed by atoms with E-state index in [0.29, 0.717) is 25.2 Å². The second kappa shape index (κ2) is 15.7. The van der Waals surface area contributed by atoms with Crippen LogP contribution in [-0.2, 0) is 0 Å². The van der Waals surface area contributed by atoms with E-state index in [-0.39, 0.29) is 12.0 Å². The van der Waals surface area contributed by atoms with Gasteiger partial charge >= 0.3 is 0 Å². The fraction of sp³-hybridized carbons (Fsp3) is 1.00. The summed E-state index contributed by atoms with van der Waals surface area (Å²) in [7, 11) is 0. The smallest absolute Gasteiger partial charge is 0.0824 e. The van der Waals surface area contributed by atoms with Gasteiger partial charge in [-0.05, 0) is 38.0 Å². The van der Waals surface area contributed by atoms with Crippen LogP contribution in [0.25, 0.3) is 0 Å². The van der Waals surface area contributed by atoms with Crippen molar-refractivity contribution in [3.05, 3.63) is 0 Å². The van der Waals surface area contributed by atoms with E-state index in [4.69, 9.17) is 5.73 Å². The molecular weight excluding hydrogens is 342 g/mol. The standard InChI is InChI=1S/C22H47NO4/c1-5-6-12-17(3)22(27)21(26)14-16(2)11-9-7-8-10-13-19(24)15-20(25)18(4)23/h16-22,24-27H,5-15,23H2,1-4H3. The minimum absolute atomic E-state index is 0.152. The van der Waals surface area contributed by atoms with Crippen LogP contribution in [0.1, 0.15) is 98.3 Å². The molecule has 0 spiro atoms. The Kier molecular flexibility index (Phi) is 15.6. The van der Waals surface area contributed by atoms with Crippen molar-refractivity contribution < 1.29 is 20.4 Å². The van der Waals surface area contributed by atoms with E-state index in [0.717, 1.165) is 51.4 Å². The number of unbranched alkanes of at least 4 members (excludes halogenated alkanes) is 4. The molecule has 0 aromatic heterocycles. The predicted molar refractivity (Wildman–Crippen MR) is 112 cm³/mol. The van der Waals surface area contributed by atoms with Gasteiger partial charge in [0.05, 0.1) is 24.4 Å². The summed E-state index contributed by atoms with van der Waals surface area (Å²) in [5.74, 6) is 0.555. The highest BCUT2D eigenvalue weighted by Gasteiger charge is 2.24. The Morgan fingerprint density at radius 1 is 0.704 bits per heavy atom. The molecule has 0 heterocycles. The normalized spacial score (nSPS) is 19.9. The number of aliphatic hydroxyl groups is 4. The quantitative estimate of drug-likeness (QED) is 0.245. The summed E-state index contributed by atoms with van der Waals surface area (Å²) >= 11 is 0. The molecule has 0 aliphatic heterocycles. The zero-order valence-corrected chi connectivity index (χ0v) is 18.2. The molecule has 0 saturated carbocycles. The van der Waals surface area contributed by atoms with Crippen LogP contribution in [0, 0.1) is 11.8 Å². The molecule has 0 aromatic carbocycles. The molecule has 5 heteroatoms. The Hall–Kier alpha value is -0.200. The third-order valence-corrected chi connectivity index (χ3v) is 5.74. The average molecular weight is 390 g/mol. The maximum Gasteiger partial charge on any atom is 0.0824 e. The van der Waals surface area contributed by atoms with Gasteiger partial charge in [-0.2, -0.15) is 0 Å². The topological polar surface area (TPSA) is 107 Å². The van der Waals surface area contributed by atoms with Gasteiger partial charge in [0.15, 0.2) is 0 Å². The van der Waals surface area contributed by atoms with Crippen molar-refractivity contribution in [3.8, 4) is 0 Å². The Balaban J connectivity index is 3.77. The molecule has 6 N–H and O–H groups in total. The fourth-order valence-electron chi connectivity index (χ4n) is 3.58. The summed E-state index contributed by atoms with van der Waals surface area (Å²) in [5.41, 5.74) is 5.60. The fourth-order valence-corrected chi connectivity index (χ4v) is 3.58. The van der Waals surface area contributed by atoms with Crippen molar-refractivity contribution in [2.24, 2.45) is 17.6 Å². The number of nitrogens with two attached hydrogens (primary N) is 1. The van der Waals surface area contributed by atoms with E-state index < -0.39 is 24.4 Å². The van der Waals surface area contributed by atoms with Crippen molar-refractivity contribution in [1.29, 1.82) is 0 Å². The van der Waals surface area contributed by atoms with E-state index in [1.165, 1.54) is 0 Å². The molecule has 0 aliphatic rings. The highest BCUT2D eigenvalue weighted by molar-refractivity contribution is 4.75. The van der Waals surface area contributed by atoms with Crippen LogP contribution in [0.2, 0.25) is 0 Å². The van der Waals surface area contributed by atoms with Gasteiger partial charge in [-0.25, -0.2) is 0 Å². The lowest BCUT2D eigenvalue weighted by Crippen LogP contribution is -2.34. The van der Waals surface area contributed by atoms with Crippen LogP contribution in [0.5, 0.6) is 0 Å². The van der Waals surface area contributed by atoms with Crippen LogP contribution in [0.4, 0.5) is 0 Å². The van der Waals surface area contributed by atoms with E-state index in [9.17, 15) is 20.4 Å². The molecule has 0 aliphatic carbocycles. The SMILES string of the molecule is CCCCC(C)C(O)C(O)CC(C)CCCCCCC(O)CC(O)C(C)N. The first-order chi connectivity index (χ1) is 12.7. The molecule has 0 bridgehead atoms. The van der Waals surface area contributed by atoms with Crippen molar-refractivity contribution in [2.45, 2.75) is 129 Å². The highest BCUT2D eigenvalue weighted by Crippen LogP contribution is 2.22. The maximum absolute atomic E-state index is 10.3. The van der Waals surface area contributed by atoms with Crippen molar-refractivity contribution in [3.63, 3.8) is 0 Å². The minimum atomic E-state index is -0.632. The molecule has 27 heavy (non-hydrogen) atoms. The van der Waals surface area contributed by atoms with Crippen LogP contribution < -0.4 is 5.73 Å². The van der Waals surface area contributed by atoms with Gasteiger partial charge in [0.25, 0.3) is 0 Å². The first kappa shape index (κ1) is 26.8. The van der Waals surface area contributed by atoms with E-state index in [1.807, 2.05) is 6.92 Å². The Morgan fingerprint density at radius 3 is 1.85 bits per heavy atom. The number of rotatable bonds is 17. The molecule has 0 amide bonds. The van der Waals surface area contributed by atoms with Gasteiger partial charge in [-0.15, -0.1) is 0 Å². The van der Waals surface area contributed by atoms with Crippen molar-refractivity contribution in [2.75, 3.05) is 0 Å².